The lowest BCUT2D eigenvalue weighted by molar-refractivity contribution is -0.128. The summed E-state index contributed by atoms with van der Waals surface area (Å²) in [6, 6.07) is 6.56. The monoisotopic (exact) mass is 336 g/mol. The molecular weight excluding hydrogens is 312 g/mol. The van der Waals surface area contributed by atoms with E-state index in [1.165, 1.54) is 0 Å². The summed E-state index contributed by atoms with van der Waals surface area (Å²) < 4.78 is 30.0. The first-order valence-corrected chi connectivity index (χ1v) is 9.52. The molecule has 3 atom stereocenters. The quantitative estimate of drug-likeness (QED) is 0.774. The maximum Gasteiger partial charge on any atom is 0.297 e. The van der Waals surface area contributed by atoms with Crippen LogP contribution < -0.4 is 0 Å². The molecule has 4 nitrogen and oxygen atoms in total. The molecule has 0 unspecified atom stereocenters. The van der Waals surface area contributed by atoms with Gasteiger partial charge in [0.1, 0.15) is 5.78 Å². The van der Waals surface area contributed by atoms with E-state index in [-0.39, 0.29) is 28.6 Å². The number of rotatable bonds is 5. The first-order valence-electron chi connectivity index (χ1n) is 8.11. The molecule has 0 aliphatic heterocycles. The van der Waals surface area contributed by atoms with Crippen molar-refractivity contribution in [3.8, 4) is 0 Å². The van der Waals surface area contributed by atoms with E-state index in [0.29, 0.717) is 12.3 Å². The number of ketones is 1. The van der Waals surface area contributed by atoms with Crippen molar-refractivity contribution in [2.75, 3.05) is 6.61 Å². The van der Waals surface area contributed by atoms with Crippen LogP contribution in [0.2, 0.25) is 0 Å². The van der Waals surface area contributed by atoms with E-state index in [4.69, 9.17) is 4.18 Å². The van der Waals surface area contributed by atoms with Gasteiger partial charge in [0.25, 0.3) is 10.1 Å². The topological polar surface area (TPSA) is 60.4 Å². The number of aryl methyl sites for hydroxylation is 1. The van der Waals surface area contributed by atoms with Crippen molar-refractivity contribution < 1.29 is 17.4 Å². The van der Waals surface area contributed by atoms with Crippen LogP contribution in [0.3, 0.4) is 0 Å². The molecule has 2 saturated carbocycles. The highest BCUT2D eigenvalue weighted by atomic mass is 32.2. The molecule has 1 aromatic rings. The van der Waals surface area contributed by atoms with Gasteiger partial charge in [-0.1, -0.05) is 38.5 Å². The van der Waals surface area contributed by atoms with Crippen molar-refractivity contribution >= 4 is 15.9 Å². The molecule has 2 fully saturated rings. The van der Waals surface area contributed by atoms with Crippen LogP contribution in [0.4, 0.5) is 0 Å². The molecule has 23 heavy (non-hydrogen) atoms. The van der Waals surface area contributed by atoms with Crippen LogP contribution in [0.5, 0.6) is 0 Å². The summed E-state index contributed by atoms with van der Waals surface area (Å²) >= 11 is 0. The maximum atomic E-state index is 12.5. The zero-order chi connectivity index (χ0) is 17.0. The van der Waals surface area contributed by atoms with E-state index >= 15 is 0 Å². The number of hydrogen-bond acceptors (Lipinski definition) is 4. The zero-order valence-corrected chi connectivity index (χ0v) is 14.9. The predicted octanol–water partition coefficient (Wildman–Crippen LogP) is 3.34. The normalized spacial score (nSPS) is 33.1. The van der Waals surface area contributed by atoms with Crippen molar-refractivity contribution in [3.05, 3.63) is 29.8 Å². The largest absolute Gasteiger partial charge is 0.299 e. The molecule has 2 aliphatic carbocycles. The fourth-order valence-electron chi connectivity index (χ4n) is 4.07. The third kappa shape index (κ3) is 2.54. The second-order valence-electron chi connectivity index (χ2n) is 7.69. The van der Waals surface area contributed by atoms with Gasteiger partial charge in [0.2, 0.25) is 0 Å². The van der Waals surface area contributed by atoms with Gasteiger partial charge in [-0.3, -0.25) is 8.98 Å². The SMILES string of the molecule is Cc1ccc(S(=O)(=O)OC[C@]2(C)C(=O)C[C@]3(C(C)C)C[C@H]32)cc1. The molecular formula is C18H24O4S. The summed E-state index contributed by atoms with van der Waals surface area (Å²) in [5.41, 5.74) is 0.381. The number of fused-ring (bicyclic) bond motifs is 1. The number of hydrogen-bond donors (Lipinski definition) is 0. The summed E-state index contributed by atoms with van der Waals surface area (Å²) in [5.74, 6) is 0.823. The Morgan fingerprint density at radius 3 is 2.39 bits per heavy atom. The summed E-state index contributed by atoms with van der Waals surface area (Å²) in [4.78, 5) is 12.6. The van der Waals surface area contributed by atoms with E-state index in [2.05, 4.69) is 13.8 Å². The first-order chi connectivity index (χ1) is 10.6. The van der Waals surface area contributed by atoms with E-state index < -0.39 is 15.5 Å². The number of Topliss-reactive ketones (excluding diaryl/α,β-unsaturated/α-hetero) is 1. The lowest BCUT2D eigenvalue weighted by atomic mass is 9.84. The van der Waals surface area contributed by atoms with Gasteiger partial charge in [-0.15, -0.1) is 0 Å². The molecule has 126 valence electrons. The Morgan fingerprint density at radius 1 is 1.26 bits per heavy atom. The molecule has 0 aromatic heterocycles. The van der Waals surface area contributed by atoms with E-state index in [1.54, 1.807) is 24.3 Å². The molecule has 2 aliphatic rings. The third-order valence-corrected chi connectivity index (χ3v) is 7.26. The number of benzene rings is 1. The maximum absolute atomic E-state index is 12.5. The molecule has 3 rings (SSSR count). The van der Waals surface area contributed by atoms with Gasteiger partial charge in [0.15, 0.2) is 0 Å². The summed E-state index contributed by atoms with van der Waals surface area (Å²) in [7, 11) is -3.82. The van der Waals surface area contributed by atoms with Gasteiger partial charge >= 0.3 is 0 Å². The highest BCUT2D eigenvalue weighted by Crippen LogP contribution is 2.72. The second-order valence-corrected chi connectivity index (χ2v) is 9.31. The van der Waals surface area contributed by atoms with Crippen molar-refractivity contribution in [3.63, 3.8) is 0 Å². The minimum atomic E-state index is -3.82. The first kappa shape index (κ1) is 16.7. The Kier molecular flexibility index (Phi) is 3.73. The van der Waals surface area contributed by atoms with Crippen LogP contribution in [-0.4, -0.2) is 20.8 Å². The van der Waals surface area contributed by atoms with Gasteiger partial charge in [0.05, 0.1) is 16.9 Å². The predicted molar refractivity (Wildman–Crippen MR) is 87.4 cm³/mol. The molecule has 0 N–H and O–H groups in total. The van der Waals surface area contributed by atoms with Crippen LogP contribution in [0.25, 0.3) is 0 Å². The molecule has 1 aromatic carbocycles. The van der Waals surface area contributed by atoms with Crippen LogP contribution in [0.1, 0.15) is 39.2 Å². The minimum absolute atomic E-state index is 0.0544. The second kappa shape index (κ2) is 5.15. The average Bonchev–Trinajstić information content (AvgIpc) is 3.17. The van der Waals surface area contributed by atoms with Crippen molar-refractivity contribution in [1.29, 1.82) is 0 Å². The molecule has 0 amide bonds. The summed E-state index contributed by atoms with van der Waals surface area (Å²) in [5, 5.41) is 0. The van der Waals surface area contributed by atoms with Gasteiger partial charge < -0.3 is 0 Å². The molecule has 0 radical (unpaired) electrons. The summed E-state index contributed by atoms with van der Waals surface area (Å²) in [6.45, 7) is 7.99. The Morgan fingerprint density at radius 2 is 1.87 bits per heavy atom. The van der Waals surface area contributed by atoms with Gasteiger partial charge in [-0.2, -0.15) is 8.42 Å². The standard InChI is InChI=1S/C18H24O4S/c1-12(2)18-9-15(18)17(4,16(19)10-18)11-22-23(20,21)14-7-5-13(3)6-8-14/h5-8,12,15H,9-11H2,1-4H3/t15-,17-,18-/m0/s1. The molecule has 5 heteroatoms. The van der Waals surface area contributed by atoms with Crippen molar-refractivity contribution in [2.24, 2.45) is 22.7 Å². The van der Waals surface area contributed by atoms with Crippen LogP contribution in [-0.2, 0) is 19.1 Å². The van der Waals surface area contributed by atoms with Crippen molar-refractivity contribution in [1.82, 2.24) is 0 Å². The van der Waals surface area contributed by atoms with E-state index in [9.17, 15) is 13.2 Å². The molecule has 0 heterocycles. The molecule has 0 saturated heterocycles. The molecule has 0 bridgehead atoms. The van der Waals surface area contributed by atoms with Gasteiger partial charge in [-0.25, -0.2) is 0 Å². The lowest BCUT2D eigenvalue weighted by Crippen LogP contribution is -2.32. The Balaban J connectivity index is 1.76. The van der Waals surface area contributed by atoms with Crippen LogP contribution in [0, 0.1) is 29.6 Å². The highest BCUT2D eigenvalue weighted by molar-refractivity contribution is 7.86. The highest BCUT2D eigenvalue weighted by Gasteiger charge is 2.71. The van der Waals surface area contributed by atoms with Crippen molar-refractivity contribution in [2.45, 2.75) is 45.4 Å². The van der Waals surface area contributed by atoms with Crippen LogP contribution in [0.15, 0.2) is 29.2 Å². The summed E-state index contributed by atoms with van der Waals surface area (Å²) in [6.07, 6.45) is 1.56. The van der Waals surface area contributed by atoms with Crippen LogP contribution >= 0.6 is 0 Å². The minimum Gasteiger partial charge on any atom is -0.299 e. The molecule has 0 spiro atoms. The van der Waals surface area contributed by atoms with Gasteiger partial charge in [-0.05, 0) is 42.7 Å². The number of carbonyl (C=O) groups excluding carboxylic acids is 1. The Bertz CT molecular complexity index is 735. The fraction of sp³-hybridized carbons (Fsp3) is 0.611. The average molecular weight is 336 g/mol. The van der Waals surface area contributed by atoms with Gasteiger partial charge in [0, 0.05) is 6.42 Å². The zero-order valence-electron chi connectivity index (χ0n) is 14.1. The number of carbonyl (C=O) groups is 1. The lowest BCUT2D eigenvalue weighted by Gasteiger charge is -2.23. The third-order valence-electron chi connectivity index (χ3n) is 5.99. The smallest absolute Gasteiger partial charge is 0.297 e. The van der Waals surface area contributed by atoms with E-state index in [0.717, 1.165) is 12.0 Å². The Labute approximate surface area is 138 Å². The fourth-order valence-corrected chi connectivity index (χ4v) is 5.07. The van der Waals surface area contributed by atoms with E-state index in [1.807, 2.05) is 13.8 Å². The Hall–Kier alpha value is -1.20.